The number of carbonyl (C=O) groups is 1. The number of carbonyl (C=O) groups excluding carboxylic acids is 1. The third-order valence-electron chi connectivity index (χ3n) is 3.43. The van der Waals surface area contributed by atoms with Crippen LogP contribution in [0.15, 0.2) is 24.3 Å². The summed E-state index contributed by atoms with van der Waals surface area (Å²) in [5.41, 5.74) is 0.328. The molecule has 3 nitrogen and oxygen atoms in total. The van der Waals surface area contributed by atoms with Gasteiger partial charge in [0.1, 0.15) is 18.5 Å². The molecule has 0 bridgehead atoms. The van der Waals surface area contributed by atoms with Crippen molar-refractivity contribution in [1.29, 1.82) is 0 Å². The number of halogens is 1. The van der Waals surface area contributed by atoms with E-state index in [-0.39, 0.29) is 5.75 Å². The fraction of sp³-hybridized carbons (Fsp3) is 0.588. The molecule has 0 spiro atoms. The highest BCUT2D eigenvalue weighted by molar-refractivity contribution is 5.89. The molecule has 1 rings (SSSR count). The van der Waals surface area contributed by atoms with Gasteiger partial charge in [0.2, 0.25) is 0 Å². The molecule has 0 aliphatic heterocycles. The number of phenols is 1. The third-order valence-corrected chi connectivity index (χ3v) is 3.43. The molecule has 0 heterocycles. The molecule has 1 atom stereocenters. The van der Waals surface area contributed by atoms with Gasteiger partial charge >= 0.3 is 5.97 Å². The Morgan fingerprint density at radius 1 is 1.14 bits per heavy atom. The van der Waals surface area contributed by atoms with Crippen LogP contribution < -0.4 is 0 Å². The van der Waals surface area contributed by atoms with Gasteiger partial charge in [-0.25, -0.2) is 9.18 Å². The van der Waals surface area contributed by atoms with Crippen molar-refractivity contribution in [2.24, 2.45) is 0 Å². The standard InChI is InChI=1S/C17H25FO3/c1-2-3-4-5-6-7-8-16(13-18)21-17(20)14-9-11-15(19)12-10-14/h9-12,16,19H,2-8,13H2,1H3. The minimum atomic E-state index is -0.669. The van der Waals surface area contributed by atoms with Crippen molar-refractivity contribution < 1.29 is 19.0 Å². The SMILES string of the molecule is CCCCCCCCC(CF)OC(=O)c1ccc(O)cc1. The number of hydrogen-bond acceptors (Lipinski definition) is 3. The molecule has 0 aliphatic rings. The first kappa shape index (κ1) is 17.5. The van der Waals surface area contributed by atoms with Crippen LogP contribution >= 0.6 is 0 Å². The lowest BCUT2D eigenvalue weighted by Crippen LogP contribution is -2.20. The van der Waals surface area contributed by atoms with Crippen molar-refractivity contribution in [3.05, 3.63) is 29.8 Å². The van der Waals surface area contributed by atoms with E-state index in [2.05, 4.69) is 6.92 Å². The van der Waals surface area contributed by atoms with Gasteiger partial charge in [-0.2, -0.15) is 0 Å². The molecular weight excluding hydrogens is 271 g/mol. The van der Waals surface area contributed by atoms with Crippen LogP contribution in [0.4, 0.5) is 4.39 Å². The molecule has 0 saturated carbocycles. The monoisotopic (exact) mass is 296 g/mol. The zero-order valence-electron chi connectivity index (χ0n) is 12.7. The zero-order valence-corrected chi connectivity index (χ0v) is 12.7. The van der Waals surface area contributed by atoms with E-state index in [4.69, 9.17) is 9.84 Å². The summed E-state index contributed by atoms with van der Waals surface area (Å²) in [6, 6.07) is 5.76. The topological polar surface area (TPSA) is 46.5 Å². The fourth-order valence-electron chi connectivity index (χ4n) is 2.14. The molecule has 4 heteroatoms. The molecule has 0 amide bonds. The summed E-state index contributed by atoms with van der Waals surface area (Å²) in [6.07, 6.45) is 6.63. The van der Waals surface area contributed by atoms with Crippen LogP contribution in [0, 0.1) is 0 Å². The van der Waals surface area contributed by atoms with Crippen molar-refractivity contribution in [3.63, 3.8) is 0 Å². The molecule has 118 valence electrons. The first-order valence-corrected chi connectivity index (χ1v) is 7.73. The second kappa shape index (κ2) is 10.2. The van der Waals surface area contributed by atoms with Crippen molar-refractivity contribution in [2.75, 3.05) is 6.67 Å². The van der Waals surface area contributed by atoms with Gasteiger partial charge in [-0.3, -0.25) is 0 Å². The van der Waals surface area contributed by atoms with Crippen molar-refractivity contribution >= 4 is 5.97 Å². The highest BCUT2D eigenvalue weighted by Crippen LogP contribution is 2.15. The number of esters is 1. The molecule has 21 heavy (non-hydrogen) atoms. The second-order valence-electron chi connectivity index (χ2n) is 5.28. The number of hydrogen-bond donors (Lipinski definition) is 1. The second-order valence-corrected chi connectivity index (χ2v) is 5.28. The van der Waals surface area contributed by atoms with E-state index >= 15 is 0 Å². The van der Waals surface area contributed by atoms with Crippen molar-refractivity contribution in [2.45, 2.75) is 58.0 Å². The molecule has 1 unspecified atom stereocenters. The number of unbranched alkanes of at least 4 members (excludes halogenated alkanes) is 5. The van der Waals surface area contributed by atoms with E-state index in [0.717, 1.165) is 19.3 Å². The maximum Gasteiger partial charge on any atom is 0.338 e. The Labute approximate surface area is 126 Å². The fourth-order valence-corrected chi connectivity index (χ4v) is 2.14. The Kier molecular flexibility index (Phi) is 8.48. The molecule has 1 N–H and O–H groups in total. The average molecular weight is 296 g/mol. The molecule has 1 aromatic rings. The Bertz CT molecular complexity index is 403. The minimum absolute atomic E-state index is 0.0840. The summed E-state index contributed by atoms with van der Waals surface area (Å²) in [5, 5.41) is 9.16. The van der Waals surface area contributed by atoms with Gasteiger partial charge in [-0.15, -0.1) is 0 Å². The average Bonchev–Trinajstić information content (AvgIpc) is 2.50. The molecule has 0 aromatic heterocycles. The van der Waals surface area contributed by atoms with E-state index in [1.54, 1.807) is 0 Å². The summed E-state index contributed by atoms with van der Waals surface area (Å²) in [4.78, 5) is 11.8. The van der Waals surface area contributed by atoms with Gasteiger partial charge in [0.05, 0.1) is 5.56 Å². The normalized spacial score (nSPS) is 12.1. The number of aromatic hydroxyl groups is 1. The van der Waals surface area contributed by atoms with E-state index in [1.165, 1.54) is 43.5 Å². The molecule has 0 saturated heterocycles. The summed E-state index contributed by atoms with van der Waals surface area (Å²) < 4.78 is 18.1. The lowest BCUT2D eigenvalue weighted by Gasteiger charge is -2.14. The number of rotatable bonds is 10. The Hall–Kier alpha value is -1.58. The zero-order chi connectivity index (χ0) is 15.5. The first-order chi connectivity index (χ1) is 10.2. The Morgan fingerprint density at radius 2 is 1.76 bits per heavy atom. The number of phenolic OH excluding ortho intramolecular Hbond substituents is 1. The van der Waals surface area contributed by atoms with E-state index in [9.17, 15) is 9.18 Å². The van der Waals surface area contributed by atoms with Gasteiger partial charge in [0.25, 0.3) is 0 Å². The summed E-state index contributed by atoms with van der Waals surface area (Å²) in [5.74, 6) is -0.454. The smallest absolute Gasteiger partial charge is 0.338 e. The van der Waals surface area contributed by atoms with Gasteiger partial charge in [0.15, 0.2) is 0 Å². The maximum absolute atomic E-state index is 12.9. The van der Waals surface area contributed by atoms with Crippen LogP contribution in [0.1, 0.15) is 62.2 Å². The van der Waals surface area contributed by atoms with Crippen LogP contribution in [0.5, 0.6) is 5.75 Å². The highest BCUT2D eigenvalue weighted by atomic mass is 19.1. The van der Waals surface area contributed by atoms with Crippen LogP contribution in [-0.2, 0) is 4.74 Å². The quantitative estimate of drug-likeness (QED) is 0.505. The molecule has 1 aromatic carbocycles. The molecule has 0 aliphatic carbocycles. The lowest BCUT2D eigenvalue weighted by molar-refractivity contribution is 0.0211. The Balaban J connectivity index is 2.29. The van der Waals surface area contributed by atoms with Crippen molar-refractivity contribution in [3.8, 4) is 5.75 Å². The van der Waals surface area contributed by atoms with E-state index in [0.29, 0.717) is 12.0 Å². The minimum Gasteiger partial charge on any atom is -0.508 e. The summed E-state index contributed by atoms with van der Waals surface area (Å²) in [6.45, 7) is 1.51. The number of alkyl halides is 1. The predicted octanol–water partition coefficient (Wildman–Crippen LogP) is 4.64. The van der Waals surface area contributed by atoms with Gasteiger partial charge < -0.3 is 9.84 Å². The maximum atomic E-state index is 12.9. The Morgan fingerprint density at radius 3 is 2.38 bits per heavy atom. The van der Waals surface area contributed by atoms with Crippen LogP contribution in [-0.4, -0.2) is 23.9 Å². The molecular formula is C17H25FO3. The first-order valence-electron chi connectivity index (χ1n) is 7.73. The van der Waals surface area contributed by atoms with Gasteiger partial charge in [0, 0.05) is 0 Å². The van der Waals surface area contributed by atoms with E-state index < -0.39 is 18.7 Å². The van der Waals surface area contributed by atoms with Crippen LogP contribution in [0.2, 0.25) is 0 Å². The van der Waals surface area contributed by atoms with Gasteiger partial charge in [-0.05, 0) is 37.1 Å². The lowest BCUT2D eigenvalue weighted by atomic mass is 10.1. The predicted molar refractivity (Wildman–Crippen MR) is 81.3 cm³/mol. The third kappa shape index (κ3) is 7.11. The summed E-state index contributed by atoms with van der Waals surface area (Å²) >= 11 is 0. The summed E-state index contributed by atoms with van der Waals surface area (Å²) in [7, 11) is 0. The largest absolute Gasteiger partial charge is 0.508 e. The highest BCUT2D eigenvalue weighted by Gasteiger charge is 2.15. The number of benzene rings is 1. The van der Waals surface area contributed by atoms with Crippen molar-refractivity contribution in [1.82, 2.24) is 0 Å². The number of ether oxygens (including phenoxy) is 1. The molecule has 0 radical (unpaired) electrons. The van der Waals surface area contributed by atoms with E-state index in [1.807, 2.05) is 0 Å². The molecule has 0 fully saturated rings. The van der Waals surface area contributed by atoms with Crippen LogP contribution in [0.25, 0.3) is 0 Å². The van der Waals surface area contributed by atoms with Crippen LogP contribution in [0.3, 0.4) is 0 Å². The van der Waals surface area contributed by atoms with Gasteiger partial charge in [-0.1, -0.05) is 39.0 Å².